The van der Waals surface area contributed by atoms with Crippen molar-refractivity contribution in [2.75, 3.05) is 26.1 Å². The SMILES string of the molecule is COc1ccc(NC(=O)c2cc(Cl)c(OCCC(C)C)c(OC)c2)cc1S(N)(=O)=O. The number of primary sulfonamides is 1. The molecular formula is C20H25ClN2O6S. The summed E-state index contributed by atoms with van der Waals surface area (Å²) < 4.78 is 39.5. The van der Waals surface area contributed by atoms with E-state index in [1.54, 1.807) is 0 Å². The zero-order valence-electron chi connectivity index (χ0n) is 17.2. The smallest absolute Gasteiger partial charge is 0.255 e. The van der Waals surface area contributed by atoms with Gasteiger partial charge in [-0.1, -0.05) is 25.4 Å². The highest BCUT2D eigenvalue weighted by Crippen LogP contribution is 2.37. The van der Waals surface area contributed by atoms with E-state index in [1.807, 2.05) is 0 Å². The molecule has 3 N–H and O–H groups in total. The molecule has 2 rings (SSSR count). The fourth-order valence-electron chi connectivity index (χ4n) is 2.57. The van der Waals surface area contributed by atoms with Crippen LogP contribution in [0, 0.1) is 5.92 Å². The molecule has 0 radical (unpaired) electrons. The molecule has 0 fully saturated rings. The highest BCUT2D eigenvalue weighted by molar-refractivity contribution is 7.89. The van der Waals surface area contributed by atoms with Crippen molar-refractivity contribution in [3.63, 3.8) is 0 Å². The number of rotatable bonds is 9. The van der Waals surface area contributed by atoms with E-state index >= 15 is 0 Å². The molecule has 1 amide bonds. The number of benzene rings is 2. The molecule has 0 atom stereocenters. The van der Waals surface area contributed by atoms with E-state index in [0.717, 1.165) is 6.42 Å². The van der Waals surface area contributed by atoms with E-state index in [9.17, 15) is 13.2 Å². The molecule has 8 nitrogen and oxygen atoms in total. The largest absolute Gasteiger partial charge is 0.495 e. The van der Waals surface area contributed by atoms with Gasteiger partial charge >= 0.3 is 0 Å². The summed E-state index contributed by atoms with van der Waals surface area (Å²) in [7, 11) is -1.27. The number of carbonyl (C=O) groups is 1. The van der Waals surface area contributed by atoms with Crippen molar-refractivity contribution < 1.29 is 27.4 Å². The molecule has 0 heterocycles. The molecule has 164 valence electrons. The summed E-state index contributed by atoms with van der Waals surface area (Å²) in [6.45, 7) is 4.62. The molecule has 0 saturated heterocycles. The van der Waals surface area contributed by atoms with E-state index < -0.39 is 15.9 Å². The number of carbonyl (C=O) groups excluding carboxylic acids is 1. The summed E-state index contributed by atoms with van der Waals surface area (Å²) in [6, 6.07) is 7.06. The molecule has 0 saturated carbocycles. The topological polar surface area (TPSA) is 117 Å². The van der Waals surface area contributed by atoms with Crippen molar-refractivity contribution in [3.05, 3.63) is 40.9 Å². The van der Waals surface area contributed by atoms with Gasteiger partial charge in [-0.05, 0) is 42.7 Å². The normalized spacial score (nSPS) is 11.3. The van der Waals surface area contributed by atoms with Crippen LogP contribution in [-0.2, 0) is 10.0 Å². The maximum Gasteiger partial charge on any atom is 0.255 e. The van der Waals surface area contributed by atoms with Crippen LogP contribution >= 0.6 is 11.6 Å². The lowest BCUT2D eigenvalue weighted by molar-refractivity contribution is 0.102. The van der Waals surface area contributed by atoms with Crippen molar-refractivity contribution in [1.82, 2.24) is 0 Å². The van der Waals surface area contributed by atoms with Crippen LogP contribution < -0.4 is 24.7 Å². The van der Waals surface area contributed by atoms with Gasteiger partial charge in [-0.25, -0.2) is 13.6 Å². The minimum Gasteiger partial charge on any atom is -0.495 e. The van der Waals surface area contributed by atoms with E-state index in [0.29, 0.717) is 24.0 Å². The Bertz CT molecular complexity index is 1020. The van der Waals surface area contributed by atoms with Gasteiger partial charge in [0.2, 0.25) is 10.0 Å². The van der Waals surface area contributed by atoms with Crippen molar-refractivity contribution in [2.24, 2.45) is 11.1 Å². The second kappa shape index (κ2) is 10.0. The van der Waals surface area contributed by atoms with E-state index in [1.165, 1.54) is 44.6 Å². The fourth-order valence-corrected chi connectivity index (χ4v) is 3.56. The molecule has 0 aliphatic rings. The van der Waals surface area contributed by atoms with Crippen molar-refractivity contribution in [1.29, 1.82) is 0 Å². The number of amides is 1. The van der Waals surface area contributed by atoms with Crippen LogP contribution in [0.2, 0.25) is 5.02 Å². The van der Waals surface area contributed by atoms with Gasteiger partial charge in [-0.3, -0.25) is 4.79 Å². The Morgan fingerprint density at radius 1 is 1.13 bits per heavy atom. The quantitative estimate of drug-likeness (QED) is 0.594. The molecule has 0 spiro atoms. The number of nitrogens with two attached hydrogens (primary N) is 1. The third-order valence-electron chi connectivity index (χ3n) is 4.16. The maximum absolute atomic E-state index is 12.7. The number of anilines is 1. The van der Waals surface area contributed by atoms with Gasteiger partial charge in [0.05, 0.1) is 25.8 Å². The van der Waals surface area contributed by atoms with Crippen LogP contribution in [0.1, 0.15) is 30.6 Å². The lowest BCUT2D eigenvalue weighted by Gasteiger charge is -2.15. The Hall–Kier alpha value is -2.49. The number of hydrogen-bond acceptors (Lipinski definition) is 6. The number of hydrogen-bond donors (Lipinski definition) is 2. The molecule has 30 heavy (non-hydrogen) atoms. The highest BCUT2D eigenvalue weighted by atomic mass is 35.5. The molecule has 0 aliphatic heterocycles. The monoisotopic (exact) mass is 456 g/mol. The van der Waals surface area contributed by atoms with Gasteiger partial charge < -0.3 is 19.5 Å². The number of nitrogens with one attached hydrogen (secondary N) is 1. The van der Waals surface area contributed by atoms with E-state index in [-0.39, 0.29) is 26.9 Å². The van der Waals surface area contributed by atoms with Crippen molar-refractivity contribution >= 4 is 33.2 Å². The maximum atomic E-state index is 12.7. The second-order valence-corrected chi connectivity index (χ2v) is 8.82. The summed E-state index contributed by atoms with van der Waals surface area (Å²) in [5.41, 5.74) is 0.429. The molecule has 0 aromatic heterocycles. The first-order chi connectivity index (χ1) is 14.1. The van der Waals surface area contributed by atoms with Gasteiger partial charge in [0.25, 0.3) is 5.91 Å². The average molecular weight is 457 g/mol. The van der Waals surface area contributed by atoms with Crippen LogP contribution in [0.25, 0.3) is 0 Å². The van der Waals surface area contributed by atoms with Gasteiger partial charge in [-0.2, -0.15) is 0 Å². The van der Waals surface area contributed by atoms with Crippen molar-refractivity contribution in [2.45, 2.75) is 25.2 Å². The van der Waals surface area contributed by atoms with Gasteiger partial charge in [0, 0.05) is 11.3 Å². The average Bonchev–Trinajstić information content (AvgIpc) is 2.67. The third-order valence-corrected chi connectivity index (χ3v) is 5.37. The molecule has 0 bridgehead atoms. The molecule has 10 heteroatoms. The standard InChI is InChI=1S/C20H25ClN2O6S/c1-12(2)7-8-29-19-15(21)9-13(10-17(19)28-4)20(24)23-14-5-6-16(27-3)18(11-14)30(22,25)26/h5-6,9-12H,7-8H2,1-4H3,(H,23,24)(H2,22,25,26). The Labute approximate surface area is 181 Å². The molecule has 2 aromatic carbocycles. The second-order valence-electron chi connectivity index (χ2n) is 6.89. The minimum absolute atomic E-state index is 0.0723. The summed E-state index contributed by atoms with van der Waals surface area (Å²) in [5.74, 6) is 0.692. The third kappa shape index (κ3) is 6.01. The summed E-state index contributed by atoms with van der Waals surface area (Å²) in [5, 5.41) is 8.04. The number of methoxy groups -OCH3 is 2. The molecule has 0 aliphatic carbocycles. The number of sulfonamides is 1. The van der Waals surface area contributed by atoms with Crippen LogP contribution in [0.15, 0.2) is 35.2 Å². The van der Waals surface area contributed by atoms with Crippen LogP contribution in [0.5, 0.6) is 17.2 Å². The van der Waals surface area contributed by atoms with Crippen molar-refractivity contribution in [3.8, 4) is 17.2 Å². The first kappa shape index (κ1) is 23.8. The Balaban J connectivity index is 2.28. The Kier molecular flexibility index (Phi) is 7.94. The first-order valence-corrected chi connectivity index (χ1v) is 11.0. The molecular weight excluding hydrogens is 432 g/mol. The zero-order valence-corrected chi connectivity index (χ0v) is 18.8. The molecule has 0 unspecified atom stereocenters. The predicted molar refractivity (Wildman–Crippen MR) is 115 cm³/mol. The molecule has 2 aromatic rings. The van der Waals surface area contributed by atoms with Crippen LogP contribution in [-0.4, -0.2) is 35.2 Å². The Morgan fingerprint density at radius 2 is 1.80 bits per heavy atom. The summed E-state index contributed by atoms with van der Waals surface area (Å²) in [4.78, 5) is 12.4. The van der Waals surface area contributed by atoms with E-state index in [4.69, 9.17) is 31.0 Å². The van der Waals surface area contributed by atoms with Gasteiger partial charge in [-0.15, -0.1) is 0 Å². The lowest BCUT2D eigenvalue weighted by atomic mass is 10.1. The predicted octanol–water partition coefficient (Wildman–Crippen LogP) is 3.68. The number of halogens is 1. The Morgan fingerprint density at radius 3 is 2.37 bits per heavy atom. The van der Waals surface area contributed by atoms with E-state index in [2.05, 4.69) is 19.2 Å². The fraction of sp³-hybridized carbons (Fsp3) is 0.350. The van der Waals surface area contributed by atoms with Gasteiger partial charge in [0.15, 0.2) is 11.5 Å². The van der Waals surface area contributed by atoms with Crippen LogP contribution in [0.3, 0.4) is 0 Å². The lowest BCUT2D eigenvalue weighted by Crippen LogP contribution is -2.16. The first-order valence-electron chi connectivity index (χ1n) is 9.09. The van der Waals surface area contributed by atoms with Gasteiger partial charge in [0.1, 0.15) is 10.6 Å². The zero-order chi connectivity index (χ0) is 22.5. The minimum atomic E-state index is -4.04. The highest BCUT2D eigenvalue weighted by Gasteiger charge is 2.19. The summed E-state index contributed by atoms with van der Waals surface area (Å²) in [6.07, 6.45) is 0.839. The van der Waals surface area contributed by atoms with Crippen LogP contribution in [0.4, 0.5) is 5.69 Å². The summed E-state index contributed by atoms with van der Waals surface area (Å²) >= 11 is 6.30. The number of ether oxygens (including phenoxy) is 3.